The summed E-state index contributed by atoms with van der Waals surface area (Å²) in [6.45, 7) is 3.86. The topological polar surface area (TPSA) is 72.2 Å². The number of carbonyl (C=O) groups is 2. The van der Waals surface area contributed by atoms with Crippen LogP contribution in [-0.4, -0.2) is 17.9 Å². The number of rotatable bonds is 7. The first-order valence-electron chi connectivity index (χ1n) is 9.68. The summed E-state index contributed by atoms with van der Waals surface area (Å²) in [6.07, 6.45) is 0.350. The van der Waals surface area contributed by atoms with E-state index in [4.69, 9.17) is 5.73 Å². The largest absolute Gasteiger partial charge is 0.368 e. The van der Waals surface area contributed by atoms with E-state index in [1.165, 1.54) is 0 Å². The number of carbonyl (C=O) groups excluding carboxylic acids is 2. The predicted molar refractivity (Wildman–Crippen MR) is 115 cm³/mol. The van der Waals surface area contributed by atoms with E-state index in [-0.39, 0.29) is 5.91 Å². The number of nitrogens with two attached hydrogens (primary N) is 1. The molecule has 0 aliphatic rings. The van der Waals surface area contributed by atoms with Gasteiger partial charge in [-0.3, -0.25) is 9.59 Å². The lowest BCUT2D eigenvalue weighted by molar-refractivity contribution is -0.129. The zero-order valence-electron chi connectivity index (χ0n) is 16.8. The Bertz CT molecular complexity index is 944. The number of hydrogen-bond acceptors (Lipinski definition) is 2. The predicted octanol–water partition coefficient (Wildman–Crippen LogP) is 3.51. The molecule has 1 atom stereocenters. The Hall–Kier alpha value is -3.40. The highest BCUT2D eigenvalue weighted by Crippen LogP contribution is 2.32. The van der Waals surface area contributed by atoms with Crippen molar-refractivity contribution in [2.45, 2.75) is 31.7 Å². The molecular weight excluding hydrogens is 360 g/mol. The van der Waals surface area contributed by atoms with Crippen LogP contribution in [0.15, 0.2) is 84.9 Å². The van der Waals surface area contributed by atoms with E-state index in [0.717, 1.165) is 22.3 Å². The molecule has 0 spiro atoms. The zero-order valence-corrected chi connectivity index (χ0v) is 16.8. The van der Waals surface area contributed by atoms with Gasteiger partial charge in [0.05, 0.1) is 5.41 Å². The van der Waals surface area contributed by atoms with Crippen LogP contribution < -0.4 is 11.1 Å². The molecule has 3 N–H and O–H groups in total. The maximum Gasteiger partial charge on any atom is 0.240 e. The van der Waals surface area contributed by atoms with E-state index in [9.17, 15) is 9.59 Å². The van der Waals surface area contributed by atoms with Crippen LogP contribution in [0.5, 0.6) is 0 Å². The van der Waals surface area contributed by atoms with Gasteiger partial charge in [-0.25, -0.2) is 0 Å². The fraction of sp³-hybridized carbons (Fsp3) is 0.200. The van der Waals surface area contributed by atoms with Gasteiger partial charge in [0.2, 0.25) is 11.8 Å². The molecule has 3 aromatic rings. The maximum atomic E-state index is 13.5. The lowest BCUT2D eigenvalue weighted by Gasteiger charge is -2.31. The second-order valence-corrected chi connectivity index (χ2v) is 7.48. The van der Waals surface area contributed by atoms with Crippen LogP contribution in [0.4, 0.5) is 0 Å². The average Bonchev–Trinajstić information content (AvgIpc) is 2.73. The van der Waals surface area contributed by atoms with Crippen LogP contribution in [0.1, 0.15) is 29.2 Å². The smallest absolute Gasteiger partial charge is 0.240 e. The Morgan fingerprint density at radius 3 is 1.93 bits per heavy atom. The van der Waals surface area contributed by atoms with E-state index in [1.807, 2.05) is 98.8 Å². The van der Waals surface area contributed by atoms with Gasteiger partial charge in [0.25, 0.3) is 0 Å². The van der Waals surface area contributed by atoms with E-state index >= 15 is 0 Å². The SMILES string of the molecule is Cc1cccc(C[C@H](NC(=O)C(C)(c2ccccc2)c2ccccc2)C(N)=O)c1. The third-order valence-electron chi connectivity index (χ3n) is 5.33. The molecule has 0 radical (unpaired) electrons. The molecule has 0 saturated heterocycles. The molecule has 3 aromatic carbocycles. The van der Waals surface area contributed by atoms with Crippen molar-refractivity contribution in [3.05, 3.63) is 107 Å². The molecule has 0 aliphatic heterocycles. The summed E-state index contributed by atoms with van der Waals surface area (Å²) in [5.74, 6) is -0.810. The van der Waals surface area contributed by atoms with Crippen molar-refractivity contribution in [3.63, 3.8) is 0 Å². The van der Waals surface area contributed by atoms with Gasteiger partial charge in [-0.15, -0.1) is 0 Å². The van der Waals surface area contributed by atoms with Crippen LogP contribution in [0.3, 0.4) is 0 Å². The van der Waals surface area contributed by atoms with Gasteiger partial charge in [0.1, 0.15) is 6.04 Å². The summed E-state index contributed by atoms with van der Waals surface area (Å²) in [4.78, 5) is 25.7. The number of hydrogen-bond donors (Lipinski definition) is 2. The number of nitrogens with one attached hydrogen (secondary N) is 1. The normalized spacial score (nSPS) is 12.2. The highest BCUT2D eigenvalue weighted by atomic mass is 16.2. The van der Waals surface area contributed by atoms with Crippen molar-refractivity contribution < 1.29 is 9.59 Å². The summed E-state index contributed by atoms with van der Waals surface area (Å²) in [5, 5.41) is 2.91. The van der Waals surface area contributed by atoms with Gasteiger partial charge < -0.3 is 11.1 Å². The molecule has 4 nitrogen and oxygen atoms in total. The van der Waals surface area contributed by atoms with Gasteiger partial charge in [-0.1, -0.05) is 90.5 Å². The molecule has 4 heteroatoms. The van der Waals surface area contributed by atoms with Crippen molar-refractivity contribution in [2.75, 3.05) is 0 Å². The minimum absolute atomic E-state index is 0.258. The van der Waals surface area contributed by atoms with Crippen LogP contribution in [-0.2, 0) is 21.4 Å². The summed E-state index contributed by atoms with van der Waals surface area (Å²) < 4.78 is 0. The maximum absolute atomic E-state index is 13.5. The van der Waals surface area contributed by atoms with Crippen LogP contribution in [0.25, 0.3) is 0 Å². The molecule has 0 aliphatic carbocycles. The van der Waals surface area contributed by atoms with Gasteiger partial charge in [-0.2, -0.15) is 0 Å². The number of primary amides is 1. The fourth-order valence-electron chi connectivity index (χ4n) is 3.57. The third kappa shape index (κ3) is 4.54. The molecule has 0 aromatic heterocycles. The van der Waals surface area contributed by atoms with Gasteiger partial charge in [0, 0.05) is 6.42 Å². The first-order valence-corrected chi connectivity index (χ1v) is 9.68. The molecular formula is C25H26N2O2. The van der Waals surface area contributed by atoms with Crippen LogP contribution >= 0.6 is 0 Å². The first kappa shape index (κ1) is 20.3. The highest BCUT2D eigenvalue weighted by molar-refractivity contribution is 5.95. The lowest BCUT2D eigenvalue weighted by atomic mass is 9.75. The molecule has 3 rings (SSSR count). The summed E-state index contributed by atoms with van der Waals surface area (Å²) >= 11 is 0. The first-order chi connectivity index (χ1) is 13.9. The molecule has 0 bridgehead atoms. The summed E-state index contributed by atoms with van der Waals surface area (Å²) in [7, 11) is 0. The van der Waals surface area contributed by atoms with E-state index in [2.05, 4.69) is 5.32 Å². The fourth-order valence-corrected chi connectivity index (χ4v) is 3.57. The molecule has 0 saturated carbocycles. The second-order valence-electron chi connectivity index (χ2n) is 7.48. The molecule has 148 valence electrons. The number of benzene rings is 3. The van der Waals surface area contributed by atoms with Crippen molar-refractivity contribution >= 4 is 11.8 Å². The van der Waals surface area contributed by atoms with Gasteiger partial charge >= 0.3 is 0 Å². The minimum Gasteiger partial charge on any atom is -0.368 e. The molecule has 0 unspecified atom stereocenters. The highest BCUT2D eigenvalue weighted by Gasteiger charge is 2.38. The minimum atomic E-state index is -0.956. The Morgan fingerprint density at radius 2 is 1.45 bits per heavy atom. The average molecular weight is 386 g/mol. The van der Waals surface area contributed by atoms with Crippen LogP contribution in [0, 0.1) is 6.92 Å². The van der Waals surface area contributed by atoms with Crippen LogP contribution in [0.2, 0.25) is 0 Å². The Kier molecular flexibility index (Phi) is 6.13. The van der Waals surface area contributed by atoms with E-state index in [1.54, 1.807) is 0 Å². The van der Waals surface area contributed by atoms with E-state index < -0.39 is 17.4 Å². The quantitative estimate of drug-likeness (QED) is 0.652. The van der Waals surface area contributed by atoms with Gasteiger partial charge in [-0.05, 0) is 30.5 Å². The molecule has 2 amide bonds. The van der Waals surface area contributed by atoms with Gasteiger partial charge in [0.15, 0.2) is 0 Å². The Balaban J connectivity index is 1.94. The number of amides is 2. The second kappa shape index (κ2) is 8.74. The van der Waals surface area contributed by atoms with E-state index in [0.29, 0.717) is 6.42 Å². The standard InChI is InChI=1S/C25H26N2O2/c1-18-10-9-11-19(16-18)17-22(23(26)28)27-24(29)25(2,20-12-5-3-6-13-20)21-14-7-4-8-15-21/h3-16,22H,17H2,1-2H3,(H2,26,28)(H,27,29)/t22-/m0/s1. The lowest BCUT2D eigenvalue weighted by Crippen LogP contribution is -2.52. The Morgan fingerprint density at radius 1 is 0.897 bits per heavy atom. The summed E-state index contributed by atoms with van der Waals surface area (Å²) in [6, 6.07) is 26.2. The van der Waals surface area contributed by atoms with Crippen molar-refractivity contribution in [1.82, 2.24) is 5.32 Å². The third-order valence-corrected chi connectivity index (χ3v) is 5.33. The Labute approximate surface area is 171 Å². The zero-order chi connectivity index (χ0) is 20.9. The molecule has 0 heterocycles. The monoisotopic (exact) mass is 386 g/mol. The molecule has 0 fully saturated rings. The molecule has 29 heavy (non-hydrogen) atoms. The number of aryl methyl sites for hydroxylation is 1. The van der Waals surface area contributed by atoms with Crippen molar-refractivity contribution in [3.8, 4) is 0 Å². The van der Waals surface area contributed by atoms with Crippen molar-refractivity contribution in [1.29, 1.82) is 0 Å². The van der Waals surface area contributed by atoms with Crippen molar-refractivity contribution in [2.24, 2.45) is 5.73 Å². The summed E-state index contributed by atoms with van der Waals surface area (Å²) in [5.41, 5.74) is 8.43.